The van der Waals surface area contributed by atoms with E-state index in [-0.39, 0.29) is 0 Å². The minimum Gasteiger partial charge on any atom is -0.311 e. The van der Waals surface area contributed by atoms with Gasteiger partial charge in [0.2, 0.25) is 0 Å². The van der Waals surface area contributed by atoms with Crippen LogP contribution in [0.2, 0.25) is 5.02 Å². The van der Waals surface area contributed by atoms with Gasteiger partial charge in [-0.05, 0) is 18.7 Å². The fraction of sp³-hybridized carbons (Fsp3) is 0.250. The van der Waals surface area contributed by atoms with E-state index in [1.54, 1.807) is 0 Å². The molecule has 0 unspecified atom stereocenters. The average molecular weight is 236 g/mol. The van der Waals surface area contributed by atoms with Crippen molar-refractivity contribution >= 4 is 11.6 Å². The highest BCUT2D eigenvalue weighted by Crippen LogP contribution is 2.25. The number of hydrogen-bond donors (Lipinski definition) is 2. The van der Waals surface area contributed by atoms with Gasteiger partial charge in [-0.25, -0.2) is 0 Å². The quantitative estimate of drug-likeness (QED) is 0.856. The molecule has 0 bridgehead atoms. The van der Waals surface area contributed by atoms with Crippen LogP contribution in [0, 0.1) is 0 Å². The fourth-order valence-corrected chi connectivity index (χ4v) is 1.75. The Morgan fingerprint density at radius 2 is 2.19 bits per heavy atom. The van der Waals surface area contributed by atoms with Crippen LogP contribution < -0.4 is 5.32 Å². The van der Waals surface area contributed by atoms with Crippen molar-refractivity contribution in [1.82, 2.24) is 15.5 Å². The van der Waals surface area contributed by atoms with Crippen molar-refractivity contribution in [3.8, 4) is 11.3 Å². The van der Waals surface area contributed by atoms with Crippen molar-refractivity contribution in [2.75, 3.05) is 6.54 Å². The standard InChI is InChI=1S/C12H14ClN3/c1-2-14-8-9-7-12(16-15-9)10-5-3-4-6-11(10)13/h3-7,14H,2,8H2,1H3,(H,15,16). The van der Waals surface area contributed by atoms with E-state index in [9.17, 15) is 0 Å². The number of H-pyrrole nitrogens is 1. The Morgan fingerprint density at radius 3 is 2.94 bits per heavy atom. The van der Waals surface area contributed by atoms with Gasteiger partial charge >= 0.3 is 0 Å². The molecule has 0 aliphatic rings. The van der Waals surface area contributed by atoms with Gasteiger partial charge in [0, 0.05) is 17.8 Å². The van der Waals surface area contributed by atoms with Crippen molar-refractivity contribution in [3.63, 3.8) is 0 Å². The molecule has 0 spiro atoms. The SMILES string of the molecule is CCNCc1cc(-c2ccccc2Cl)n[nH]1. The highest BCUT2D eigenvalue weighted by atomic mass is 35.5. The van der Waals surface area contributed by atoms with Gasteiger partial charge in [-0.3, -0.25) is 5.10 Å². The number of hydrogen-bond acceptors (Lipinski definition) is 2. The van der Waals surface area contributed by atoms with E-state index in [1.807, 2.05) is 30.3 Å². The molecule has 3 nitrogen and oxygen atoms in total. The third-order valence-electron chi connectivity index (χ3n) is 2.35. The zero-order chi connectivity index (χ0) is 11.4. The lowest BCUT2D eigenvalue weighted by atomic mass is 10.1. The second kappa shape index (κ2) is 5.14. The van der Waals surface area contributed by atoms with Crippen molar-refractivity contribution in [2.45, 2.75) is 13.5 Å². The number of aromatic amines is 1. The summed E-state index contributed by atoms with van der Waals surface area (Å²) in [6.07, 6.45) is 0. The monoisotopic (exact) mass is 235 g/mol. The number of nitrogens with zero attached hydrogens (tertiary/aromatic N) is 1. The molecule has 2 N–H and O–H groups in total. The van der Waals surface area contributed by atoms with Gasteiger partial charge in [-0.2, -0.15) is 5.10 Å². The van der Waals surface area contributed by atoms with Crippen LogP contribution in [0.15, 0.2) is 30.3 Å². The summed E-state index contributed by atoms with van der Waals surface area (Å²) in [5.74, 6) is 0. The molecule has 1 aromatic carbocycles. The Kier molecular flexibility index (Phi) is 3.59. The Bertz CT molecular complexity index is 465. The Labute approximate surface area is 99.8 Å². The van der Waals surface area contributed by atoms with E-state index in [0.717, 1.165) is 35.1 Å². The van der Waals surface area contributed by atoms with Crippen molar-refractivity contribution < 1.29 is 0 Å². The van der Waals surface area contributed by atoms with Crippen molar-refractivity contribution in [3.05, 3.63) is 41.0 Å². The topological polar surface area (TPSA) is 40.7 Å². The zero-order valence-corrected chi connectivity index (χ0v) is 9.88. The number of benzene rings is 1. The molecule has 4 heteroatoms. The molecule has 2 aromatic rings. The van der Waals surface area contributed by atoms with Crippen LogP contribution in [0.3, 0.4) is 0 Å². The van der Waals surface area contributed by atoms with Crippen LogP contribution in [0.25, 0.3) is 11.3 Å². The summed E-state index contributed by atoms with van der Waals surface area (Å²) < 4.78 is 0. The van der Waals surface area contributed by atoms with Gasteiger partial charge in [-0.1, -0.05) is 36.7 Å². The van der Waals surface area contributed by atoms with E-state index in [2.05, 4.69) is 22.4 Å². The number of rotatable bonds is 4. The van der Waals surface area contributed by atoms with Crippen LogP contribution >= 0.6 is 11.6 Å². The molecular weight excluding hydrogens is 222 g/mol. The summed E-state index contributed by atoms with van der Waals surface area (Å²) in [5.41, 5.74) is 2.92. The van der Waals surface area contributed by atoms with Gasteiger partial charge in [0.15, 0.2) is 0 Å². The molecule has 0 atom stereocenters. The second-order valence-electron chi connectivity index (χ2n) is 3.54. The molecule has 0 amide bonds. The zero-order valence-electron chi connectivity index (χ0n) is 9.13. The lowest BCUT2D eigenvalue weighted by molar-refractivity contribution is 0.707. The smallest absolute Gasteiger partial charge is 0.0939 e. The first-order valence-corrected chi connectivity index (χ1v) is 5.69. The van der Waals surface area contributed by atoms with Gasteiger partial charge in [-0.15, -0.1) is 0 Å². The van der Waals surface area contributed by atoms with E-state index in [1.165, 1.54) is 0 Å². The minimum absolute atomic E-state index is 0.726. The first kappa shape index (κ1) is 11.2. The summed E-state index contributed by atoms with van der Waals surface area (Å²) >= 11 is 6.10. The minimum atomic E-state index is 0.726. The molecule has 2 rings (SSSR count). The molecular formula is C12H14ClN3. The maximum absolute atomic E-state index is 6.10. The molecule has 0 saturated carbocycles. The van der Waals surface area contributed by atoms with Crippen molar-refractivity contribution in [2.24, 2.45) is 0 Å². The highest BCUT2D eigenvalue weighted by molar-refractivity contribution is 6.33. The maximum atomic E-state index is 6.10. The second-order valence-corrected chi connectivity index (χ2v) is 3.95. The lowest BCUT2D eigenvalue weighted by Crippen LogP contribution is -2.11. The summed E-state index contributed by atoms with van der Waals surface area (Å²) in [4.78, 5) is 0. The average Bonchev–Trinajstić information content (AvgIpc) is 2.75. The summed E-state index contributed by atoms with van der Waals surface area (Å²) in [6, 6.07) is 9.73. The summed E-state index contributed by atoms with van der Waals surface area (Å²) in [6.45, 7) is 3.82. The van der Waals surface area contributed by atoms with E-state index >= 15 is 0 Å². The third-order valence-corrected chi connectivity index (χ3v) is 2.68. The molecule has 0 aliphatic heterocycles. The fourth-order valence-electron chi connectivity index (χ4n) is 1.52. The Hall–Kier alpha value is -1.32. The lowest BCUT2D eigenvalue weighted by Gasteiger charge is -1.98. The molecule has 84 valence electrons. The van der Waals surface area contributed by atoms with Crippen LogP contribution in [0.4, 0.5) is 0 Å². The van der Waals surface area contributed by atoms with Gasteiger partial charge in [0.25, 0.3) is 0 Å². The first-order valence-electron chi connectivity index (χ1n) is 5.31. The van der Waals surface area contributed by atoms with Crippen LogP contribution in [0.1, 0.15) is 12.6 Å². The van der Waals surface area contributed by atoms with Crippen molar-refractivity contribution in [1.29, 1.82) is 0 Å². The molecule has 1 aromatic heterocycles. The highest BCUT2D eigenvalue weighted by Gasteiger charge is 2.06. The number of nitrogens with one attached hydrogen (secondary N) is 2. The number of aromatic nitrogens is 2. The molecule has 1 heterocycles. The van der Waals surface area contributed by atoms with Gasteiger partial charge in [0.05, 0.1) is 10.7 Å². The number of halogens is 1. The maximum Gasteiger partial charge on any atom is 0.0939 e. The summed E-state index contributed by atoms with van der Waals surface area (Å²) in [7, 11) is 0. The van der Waals surface area contributed by atoms with Gasteiger partial charge < -0.3 is 5.32 Å². The van der Waals surface area contributed by atoms with E-state index in [0.29, 0.717) is 0 Å². The third kappa shape index (κ3) is 2.43. The molecule has 0 saturated heterocycles. The molecule has 0 fully saturated rings. The van der Waals surface area contributed by atoms with Crippen LogP contribution in [-0.4, -0.2) is 16.7 Å². The summed E-state index contributed by atoms with van der Waals surface area (Å²) in [5, 5.41) is 11.2. The predicted molar refractivity (Wildman–Crippen MR) is 66.4 cm³/mol. The van der Waals surface area contributed by atoms with E-state index < -0.39 is 0 Å². The molecule has 16 heavy (non-hydrogen) atoms. The Morgan fingerprint density at radius 1 is 1.38 bits per heavy atom. The Balaban J connectivity index is 2.22. The van der Waals surface area contributed by atoms with E-state index in [4.69, 9.17) is 11.6 Å². The first-order chi connectivity index (χ1) is 7.81. The predicted octanol–water partition coefficient (Wildman–Crippen LogP) is 2.84. The molecule has 0 radical (unpaired) electrons. The molecule has 0 aliphatic carbocycles. The largest absolute Gasteiger partial charge is 0.311 e. The normalized spacial score (nSPS) is 10.6. The van der Waals surface area contributed by atoms with Gasteiger partial charge in [0.1, 0.15) is 0 Å². The van der Waals surface area contributed by atoms with Crippen LogP contribution in [-0.2, 0) is 6.54 Å². The van der Waals surface area contributed by atoms with Crippen LogP contribution in [0.5, 0.6) is 0 Å².